The number of carbonyl (C=O) groups is 4. The van der Waals surface area contributed by atoms with E-state index < -0.39 is 17.1 Å². The van der Waals surface area contributed by atoms with Crippen molar-refractivity contribution in [2.75, 3.05) is 23.8 Å². The van der Waals surface area contributed by atoms with Gasteiger partial charge in [-0.15, -0.1) is 0 Å². The van der Waals surface area contributed by atoms with Gasteiger partial charge in [-0.1, -0.05) is 30.3 Å². The normalized spacial score (nSPS) is 14.1. The van der Waals surface area contributed by atoms with Crippen LogP contribution in [0, 0.1) is 13.8 Å². The van der Waals surface area contributed by atoms with E-state index >= 15 is 0 Å². The molecule has 8 nitrogen and oxygen atoms in total. The molecule has 0 aliphatic carbocycles. The third-order valence-electron chi connectivity index (χ3n) is 5.64. The van der Waals surface area contributed by atoms with Crippen LogP contribution in [-0.2, 0) is 14.4 Å². The van der Waals surface area contributed by atoms with E-state index in [1.165, 1.54) is 0 Å². The summed E-state index contributed by atoms with van der Waals surface area (Å²) < 4.78 is 6.37. The molecule has 3 aromatic carbocycles. The number of rotatable bonds is 8. The van der Waals surface area contributed by atoms with Gasteiger partial charge >= 0.3 is 0 Å². The third-order valence-corrected chi connectivity index (χ3v) is 7.20. The van der Waals surface area contributed by atoms with Crippen molar-refractivity contribution in [2.45, 2.75) is 13.8 Å². The maximum absolute atomic E-state index is 12.7. The topological polar surface area (TPSA) is 105 Å². The van der Waals surface area contributed by atoms with E-state index in [0.717, 1.165) is 32.3 Å². The van der Waals surface area contributed by atoms with E-state index in [1.54, 1.807) is 54.6 Å². The Morgan fingerprint density at radius 2 is 1.63 bits per heavy atom. The molecule has 0 saturated carbocycles. The molecule has 4 amide bonds. The highest BCUT2D eigenvalue weighted by atomic mass is 79.9. The molecule has 0 atom stereocenters. The molecule has 4 rings (SSSR count). The van der Waals surface area contributed by atoms with E-state index in [4.69, 9.17) is 4.74 Å². The predicted octanol–water partition coefficient (Wildman–Crippen LogP) is 5.76. The molecule has 194 valence electrons. The summed E-state index contributed by atoms with van der Waals surface area (Å²) in [5.41, 5.74) is 4.10. The van der Waals surface area contributed by atoms with Crippen LogP contribution in [0.3, 0.4) is 0 Å². The van der Waals surface area contributed by atoms with Gasteiger partial charge in [-0.2, -0.15) is 0 Å². The standard InChI is InChI=1S/C28H24BrN3O5S/c1-17-12-22(29)23(13-18(17)2)31-26(34)16-37-21-10-8-19(9-11-21)14-24-27(35)32(28(36)38-24)15-25(33)30-20-6-4-3-5-7-20/h3-14H,15-16H2,1-2H3,(H,30,33)(H,31,34)/b24-14+. The Morgan fingerprint density at radius 3 is 2.34 bits per heavy atom. The first kappa shape index (κ1) is 27.2. The van der Waals surface area contributed by atoms with Crippen LogP contribution < -0.4 is 15.4 Å². The lowest BCUT2D eigenvalue weighted by molar-refractivity contribution is -0.127. The number of nitrogens with zero attached hydrogens (tertiary/aromatic N) is 1. The van der Waals surface area contributed by atoms with E-state index in [0.29, 0.717) is 22.7 Å². The quantitative estimate of drug-likeness (QED) is 0.322. The van der Waals surface area contributed by atoms with Gasteiger partial charge in [-0.25, -0.2) is 0 Å². The molecule has 0 bridgehead atoms. The number of thioether (sulfide) groups is 1. The predicted molar refractivity (Wildman–Crippen MR) is 152 cm³/mol. The van der Waals surface area contributed by atoms with Crippen LogP contribution in [0.4, 0.5) is 16.2 Å². The Kier molecular flexibility index (Phi) is 8.65. The largest absolute Gasteiger partial charge is 0.484 e. The van der Waals surface area contributed by atoms with E-state index in [2.05, 4.69) is 26.6 Å². The van der Waals surface area contributed by atoms with Crippen molar-refractivity contribution in [2.24, 2.45) is 0 Å². The van der Waals surface area contributed by atoms with Crippen LogP contribution in [0.15, 0.2) is 76.1 Å². The molecule has 0 aromatic heterocycles. The Bertz CT molecular complexity index is 1420. The SMILES string of the molecule is Cc1cc(Br)c(NC(=O)COc2ccc(/C=C3/SC(=O)N(CC(=O)Nc4ccccc4)C3=O)cc2)cc1C. The number of para-hydroxylation sites is 1. The van der Waals surface area contributed by atoms with Crippen molar-refractivity contribution < 1.29 is 23.9 Å². The van der Waals surface area contributed by atoms with Gasteiger partial charge in [0.05, 0.1) is 10.6 Å². The summed E-state index contributed by atoms with van der Waals surface area (Å²) in [6.45, 7) is 3.42. The maximum atomic E-state index is 12.7. The van der Waals surface area contributed by atoms with Gasteiger partial charge in [0.25, 0.3) is 17.1 Å². The molecule has 3 aromatic rings. The number of halogens is 1. The van der Waals surface area contributed by atoms with Gasteiger partial charge < -0.3 is 15.4 Å². The van der Waals surface area contributed by atoms with Crippen LogP contribution >= 0.6 is 27.7 Å². The zero-order chi connectivity index (χ0) is 27.2. The molecule has 1 heterocycles. The number of hydrogen-bond donors (Lipinski definition) is 2. The molecular formula is C28H24BrN3O5S. The highest BCUT2D eigenvalue weighted by molar-refractivity contribution is 9.10. The second kappa shape index (κ2) is 12.1. The second-order valence-corrected chi connectivity index (χ2v) is 10.4. The number of ether oxygens (including phenoxy) is 1. The molecule has 38 heavy (non-hydrogen) atoms. The Balaban J connectivity index is 1.31. The number of amides is 4. The van der Waals surface area contributed by atoms with Gasteiger partial charge in [-0.05, 0) is 101 Å². The maximum Gasteiger partial charge on any atom is 0.294 e. The first-order valence-electron chi connectivity index (χ1n) is 11.6. The van der Waals surface area contributed by atoms with Crippen molar-refractivity contribution >= 4 is 68.1 Å². The summed E-state index contributed by atoms with van der Waals surface area (Å²) in [5, 5.41) is 4.98. The van der Waals surface area contributed by atoms with E-state index in [9.17, 15) is 19.2 Å². The number of aryl methyl sites for hydroxylation is 2. The fraction of sp³-hybridized carbons (Fsp3) is 0.143. The Hall–Kier alpha value is -3.89. The molecule has 1 aliphatic heterocycles. The summed E-state index contributed by atoms with van der Waals surface area (Å²) in [7, 11) is 0. The van der Waals surface area contributed by atoms with E-state index in [1.807, 2.05) is 32.0 Å². The average Bonchev–Trinajstić information content (AvgIpc) is 3.14. The highest BCUT2D eigenvalue weighted by Crippen LogP contribution is 2.32. The molecule has 0 unspecified atom stereocenters. The molecule has 1 aliphatic rings. The van der Waals surface area contributed by atoms with Crippen molar-refractivity contribution in [1.82, 2.24) is 4.90 Å². The molecule has 1 fully saturated rings. The average molecular weight is 594 g/mol. The minimum Gasteiger partial charge on any atom is -0.484 e. The summed E-state index contributed by atoms with van der Waals surface area (Å²) in [6, 6.07) is 19.4. The number of anilines is 2. The minimum absolute atomic E-state index is 0.178. The molecule has 10 heteroatoms. The molecule has 0 spiro atoms. The van der Waals surface area contributed by atoms with Crippen molar-refractivity contribution in [1.29, 1.82) is 0 Å². The summed E-state index contributed by atoms with van der Waals surface area (Å²) in [6.07, 6.45) is 1.58. The zero-order valence-corrected chi connectivity index (χ0v) is 23.0. The van der Waals surface area contributed by atoms with Gasteiger partial charge in [0.1, 0.15) is 12.3 Å². The Morgan fingerprint density at radius 1 is 0.947 bits per heavy atom. The van der Waals surface area contributed by atoms with Crippen molar-refractivity contribution in [3.05, 3.63) is 92.8 Å². The van der Waals surface area contributed by atoms with Gasteiger partial charge in [0.15, 0.2) is 6.61 Å². The van der Waals surface area contributed by atoms with Crippen LogP contribution in [0.1, 0.15) is 16.7 Å². The van der Waals surface area contributed by atoms with Crippen LogP contribution in [0.2, 0.25) is 0 Å². The first-order valence-corrected chi connectivity index (χ1v) is 13.2. The third kappa shape index (κ3) is 6.90. The van der Waals surface area contributed by atoms with Crippen LogP contribution in [0.5, 0.6) is 5.75 Å². The molecule has 1 saturated heterocycles. The van der Waals surface area contributed by atoms with E-state index in [-0.39, 0.29) is 24.0 Å². The fourth-order valence-electron chi connectivity index (χ4n) is 3.53. The second-order valence-electron chi connectivity index (χ2n) is 8.50. The van der Waals surface area contributed by atoms with Gasteiger partial charge in [0.2, 0.25) is 5.91 Å². The number of nitrogens with one attached hydrogen (secondary N) is 2. The summed E-state index contributed by atoms with van der Waals surface area (Å²) >= 11 is 4.23. The fourth-order valence-corrected chi connectivity index (χ4v) is 4.92. The number of hydrogen-bond acceptors (Lipinski definition) is 6. The van der Waals surface area contributed by atoms with Crippen molar-refractivity contribution in [3.8, 4) is 5.75 Å². The Labute approximate surface area is 232 Å². The highest BCUT2D eigenvalue weighted by Gasteiger charge is 2.36. The van der Waals surface area contributed by atoms with Gasteiger partial charge in [0, 0.05) is 10.2 Å². The van der Waals surface area contributed by atoms with Crippen LogP contribution in [0.25, 0.3) is 6.08 Å². The first-order chi connectivity index (χ1) is 18.2. The molecule has 0 radical (unpaired) electrons. The van der Waals surface area contributed by atoms with Gasteiger partial charge in [-0.3, -0.25) is 24.1 Å². The summed E-state index contributed by atoms with van der Waals surface area (Å²) in [4.78, 5) is 50.8. The lowest BCUT2D eigenvalue weighted by Crippen LogP contribution is -2.36. The minimum atomic E-state index is -0.530. The lowest BCUT2D eigenvalue weighted by atomic mass is 10.1. The van der Waals surface area contributed by atoms with Crippen molar-refractivity contribution in [3.63, 3.8) is 0 Å². The molecule has 2 N–H and O–H groups in total. The number of carbonyl (C=O) groups excluding carboxylic acids is 4. The monoisotopic (exact) mass is 593 g/mol. The molecular weight excluding hydrogens is 570 g/mol. The summed E-state index contributed by atoms with van der Waals surface area (Å²) in [5.74, 6) is -0.821. The number of benzene rings is 3. The number of imide groups is 1. The van der Waals surface area contributed by atoms with Crippen LogP contribution in [-0.4, -0.2) is 41.0 Å². The smallest absolute Gasteiger partial charge is 0.294 e. The zero-order valence-electron chi connectivity index (χ0n) is 20.6. The lowest BCUT2D eigenvalue weighted by Gasteiger charge is -2.12.